The van der Waals surface area contributed by atoms with Crippen molar-refractivity contribution >= 4 is 39.2 Å². The molecule has 0 fully saturated rings. The average molecular weight is 369 g/mol. The molecule has 0 saturated carbocycles. The van der Waals surface area contributed by atoms with Gasteiger partial charge in [-0.15, -0.1) is 5.10 Å². The lowest BCUT2D eigenvalue weighted by molar-refractivity contribution is 0.587. The van der Waals surface area contributed by atoms with Crippen LogP contribution in [0.2, 0.25) is 5.02 Å². The molecule has 0 aliphatic rings. The zero-order valence-electron chi connectivity index (χ0n) is 10.5. The molecular formula is C14H8BrClFN3O. The first kappa shape index (κ1) is 14.0. The topological polar surface area (TPSA) is 51.0 Å². The van der Waals surface area contributed by atoms with Crippen molar-refractivity contribution in [2.75, 3.05) is 5.32 Å². The summed E-state index contributed by atoms with van der Waals surface area (Å²) in [5, 5.41) is 10.7. The fourth-order valence-corrected chi connectivity index (χ4v) is 2.13. The molecule has 0 spiro atoms. The highest BCUT2D eigenvalue weighted by Crippen LogP contribution is 2.25. The summed E-state index contributed by atoms with van der Waals surface area (Å²) < 4.78 is 19.5. The Bertz CT molecular complexity index is 776. The Morgan fingerprint density at radius 3 is 2.57 bits per heavy atom. The summed E-state index contributed by atoms with van der Waals surface area (Å²) in [6.45, 7) is 0. The van der Waals surface area contributed by atoms with Crippen molar-refractivity contribution in [1.82, 2.24) is 10.2 Å². The number of aromatic nitrogens is 2. The van der Waals surface area contributed by atoms with Crippen LogP contribution in [0.4, 0.5) is 16.1 Å². The van der Waals surface area contributed by atoms with Crippen LogP contribution in [0.5, 0.6) is 0 Å². The molecule has 1 N–H and O–H groups in total. The first-order valence-corrected chi connectivity index (χ1v) is 7.10. The Hall–Kier alpha value is -1.92. The van der Waals surface area contributed by atoms with E-state index in [9.17, 15) is 4.39 Å². The van der Waals surface area contributed by atoms with Gasteiger partial charge in [0.2, 0.25) is 5.89 Å². The number of nitrogens with zero attached hydrogens (tertiary/aromatic N) is 2. The average Bonchev–Trinajstić information content (AvgIpc) is 2.92. The lowest BCUT2D eigenvalue weighted by atomic mass is 10.2. The van der Waals surface area contributed by atoms with Crippen LogP contribution >= 0.6 is 27.5 Å². The fourth-order valence-electron chi connectivity index (χ4n) is 1.68. The van der Waals surface area contributed by atoms with Gasteiger partial charge in [0.15, 0.2) is 0 Å². The highest BCUT2D eigenvalue weighted by molar-refractivity contribution is 9.10. The minimum atomic E-state index is -0.483. The number of rotatable bonds is 3. The molecule has 0 saturated heterocycles. The van der Waals surface area contributed by atoms with Crippen LogP contribution in [0, 0.1) is 5.82 Å². The van der Waals surface area contributed by atoms with Crippen molar-refractivity contribution in [2.24, 2.45) is 0 Å². The van der Waals surface area contributed by atoms with Crippen molar-refractivity contribution < 1.29 is 8.81 Å². The summed E-state index contributed by atoms with van der Waals surface area (Å²) in [6.07, 6.45) is 0. The van der Waals surface area contributed by atoms with Crippen molar-refractivity contribution in [3.8, 4) is 11.5 Å². The van der Waals surface area contributed by atoms with Gasteiger partial charge in [-0.25, -0.2) is 4.39 Å². The first-order chi connectivity index (χ1) is 10.1. The van der Waals surface area contributed by atoms with Gasteiger partial charge in [0.05, 0.1) is 5.02 Å². The van der Waals surface area contributed by atoms with Crippen molar-refractivity contribution in [1.29, 1.82) is 0 Å². The molecule has 106 valence electrons. The SMILES string of the molecule is Fc1ccc(Nc2nnc(-c3ccc(Br)cc3)o2)cc1Cl. The van der Waals surface area contributed by atoms with Crippen LogP contribution < -0.4 is 5.32 Å². The third-order valence-corrected chi connectivity index (χ3v) is 3.51. The Labute approximate surface area is 133 Å². The molecule has 7 heteroatoms. The molecule has 3 aromatic rings. The summed E-state index contributed by atoms with van der Waals surface area (Å²) in [5.41, 5.74) is 1.36. The Balaban J connectivity index is 1.81. The number of nitrogens with one attached hydrogen (secondary N) is 1. The van der Waals surface area contributed by atoms with Gasteiger partial charge in [-0.2, -0.15) is 0 Å². The van der Waals surface area contributed by atoms with E-state index in [1.165, 1.54) is 18.2 Å². The smallest absolute Gasteiger partial charge is 0.320 e. The minimum Gasteiger partial charge on any atom is -0.403 e. The van der Waals surface area contributed by atoms with Crippen molar-refractivity contribution in [3.63, 3.8) is 0 Å². The van der Waals surface area contributed by atoms with E-state index < -0.39 is 5.82 Å². The standard InChI is InChI=1S/C14H8BrClFN3O/c15-9-3-1-8(2-4-9)13-19-20-14(21-13)18-10-5-6-12(17)11(16)7-10/h1-7H,(H,18,20). The molecular weight excluding hydrogens is 361 g/mol. The van der Waals surface area contributed by atoms with Crippen LogP contribution in [0.3, 0.4) is 0 Å². The van der Waals surface area contributed by atoms with Crippen LogP contribution in [-0.4, -0.2) is 10.2 Å². The van der Waals surface area contributed by atoms with E-state index in [0.29, 0.717) is 11.6 Å². The lowest BCUT2D eigenvalue weighted by Gasteiger charge is -2.01. The lowest BCUT2D eigenvalue weighted by Crippen LogP contribution is -1.91. The molecule has 21 heavy (non-hydrogen) atoms. The fraction of sp³-hybridized carbons (Fsp3) is 0. The number of halogens is 3. The Kier molecular flexibility index (Phi) is 3.90. The molecule has 0 amide bonds. The maximum atomic E-state index is 13.1. The second-order valence-corrected chi connectivity index (χ2v) is 5.50. The zero-order chi connectivity index (χ0) is 14.8. The molecule has 0 atom stereocenters. The normalized spacial score (nSPS) is 10.6. The van der Waals surface area contributed by atoms with Gasteiger partial charge in [-0.1, -0.05) is 32.6 Å². The van der Waals surface area contributed by atoms with Gasteiger partial charge in [0.25, 0.3) is 0 Å². The van der Waals surface area contributed by atoms with Crippen LogP contribution in [0.25, 0.3) is 11.5 Å². The van der Waals surface area contributed by atoms with E-state index in [1.54, 1.807) is 0 Å². The molecule has 4 nitrogen and oxygen atoms in total. The van der Waals surface area contributed by atoms with E-state index in [4.69, 9.17) is 16.0 Å². The molecule has 1 heterocycles. The summed E-state index contributed by atoms with van der Waals surface area (Å²) in [4.78, 5) is 0. The first-order valence-electron chi connectivity index (χ1n) is 5.93. The molecule has 0 radical (unpaired) electrons. The summed E-state index contributed by atoms with van der Waals surface area (Å²) in [5.74, 6) is -0.0958. The van der Waals surface area contributed by atoms with Gasteiger partial charge in [0.1, 0.15) is 5.82 Å². The Morgan fingerprint density at radius 2 is 1.86 bits per heavy atom. The third-order valence-electron chi connectivity index (χ3n) is 2.69. The monoisotopic (exact) mass is 367 g/mol. The summed E-state index contributed by atoms with van der Waals surface area (Å²) in [6, 6.07) is 11.9. The van der Waals surface area contributed by atoms with E-state index in [2.05, 4.69) is 31.4 Å². The number of anilines is 2. The van der Waals surface area contributed by atoms with Gasteiger partial charge in [0, 0.05) is 15.7 Å². The van der Waals surface area contributed by atoms with Crippen LogP contribution in [-0.2, 0) is 0 Å². The summed E-state index contributed by atoms with van der Waals surface area (Å²) >= 11 is 9.07. The highest BCUT2D eigenvalue weighted by atomic mass is 79.9. The molecule has 0 aliphatic carbocycles. The molecule has 0 aliphatic heterocycles. The molecule has 2 aromatic carbocycles. The molecule has 0 bridgehead atoms. The molecule has 0 unspecified atom stereocenters. The second-order valence-electron chi connectivity index (χ2n) is 4.17. The van der Waals surface area contributed by atoms with E-state index in [-0.39, 0.29) is 11.0 Å². The van der Waals surface area contributed by atoms with E-state index in [0.717, 1.165) is 10.0 Å². The highest BCUT2D eigenvalue weighted by Gasteiger charge is 2.09. The van der Waals surface area contributed by atoms with Gasteiger partial charge in [-0.3, -0.25) is 0 Å². The quantitative estimate of drug-likeness (QED) is 0.704. The molecule has 1 aromatic heterocycles. The van der Waals surface area contributed by atoms with Crippen molar-refractivity contribution in [3.05, 3.63) is 57.8 Å². The van der Waals surface area contributed by atoms with E-state index in [1.807, 2.05) is 24.3 Å². The minimum absolute atomic E-state index is 0.0210. The number of hydrogen-bond acceptors (Lipinski definition) is 4. The predicted octanol–water partition coefficient (Wildman–Crippen LogP) is 5.04. The van der Waals surface area contributed by atoms with E-state index >= 15 is 0 Å². The maximum absolute atomic E-state index is 13.1. The maximum Gasteiger partial charge on any atom is 0.320 e. The number of benzene rings is 2. The van der Waals surface area contributed by atoms with Crippen LogP contribution in [0.1, 0.15) is 0 Å². The number of hydrogen-bond donors (Lipinski definition) is 1. The molecule has 3 rings (SSSR count). The van der Waals surface area contributed by atoms with Crippen molar-refractivity contribution in [2.45, 2.75) is 0 Å². The second kappa shape index (κ2) is 5.83. The third kappa shape index (κ3) is 3.22. The Morgan fingerprint density at radius 1 is 1.10 bits per heavy atom. The van der Waals surface area contributed by atoms with Crippen LogP contribution in [0.15, 0.2) is 51.4 Å². The van der Waals surface area contributed by atoms with Gasteiger partial charge in [-0.05, 0) is 42.5 Å². The largest absolute Gasteiger partial charge is 0.403 e. The van der Waals surface area contributed by atoms with Gasteiger partial charge < -0.3 is 9.73 Å². The predicted molar refractivity (Wildman–Crippen MR) is 82.1 cm³/mol. The summed E-state index contributed by atoms with van der Waals surface area (Å²) in [7, 11) is 0. The zero-order valence-corrected chi connectivity index (χ0v) is 12.8. The van der Waals surface area contributed by atoms with Gasteiger partial charge >= 0.3 is 6.01 Å².